The van der Waals surface area contributed by atoms with E-state index >= 15 is 0 Å². The molecule has 0 saturated heterocycles. The molecule has 0 aliphatic rings. The molecule has 5 heteroatoms. The third-order valence-electron chi connectivity index (χ3n) is 2.85. The van der Waals surface area contributed by atoms with Crippen molar-refractivity contribution in [2.24, 2.45) is 5.73 Å². The number of benzene rings is 2. The molecule has 0 spiro atoms. The van der Waals surface area contributed by atoms with Crippen LogP contribution in [0.25, 0.3) is 0 Å². The Morgan fingerprint density at radius 1 is 1.30 bits per heavy atom. The van der Waals surface area contributed by atoms with Gasteiger partial charge in [-0.1, -0.05) is 6.07 Å². The Morgan fingerprint density at radius 2 is 2.10 bits per heavy atom. The molecular weight excluding hydrogens is 259 g/mol. The highest BCUT2D eigenvalue weighted by Gasteiger charge is 2.07. The number of anilines is 2. The summed E-state index contributed by atoms with van der Waals surface area (Å²) in [6, 6.07) is 11.2. The zero-order valence-electron chi connectivity index (χ0n) is 11.0. The van der Waals surface area contributed by atoms with E-state index in [1.54, 1.807) is 30.3 Å². The van der Waals surface area contributed by atoms with Crippen LogP contribution < -0.4 is 11.1 Å². The number of ether oxygens (including phenoxy) is 1. The van der Waals surface area contributed by atoms with Crippen LogP contribution in [0.15, 0.2) is 42.5 Å². The van der Waals surface area contributed by atoms with Crippen molar-refractivity contribution in [2.75, 3.05) is 12.4 Å². The Bertz CT molecular complexity index is 629. The van der Waals surface area contributed by atoms with Crippen molar-refractivity contribution in [3.8, 4) is 0 Å². The molecule has 2 aromatic carbocycles. The van der Waals surface area contributed by atoms with Gasteiger partial charge < -0.3 is 15.8 Å². The summed E-state index contributed by atoms with van der Waals surface area (Å²) in [5, 5.41) is 3.12. The number of hydrogen-bond donors (Lipinski definition) is 2. The summed E-state index contributed by atoms with van der Waals surface area (Å²) in [5.41, 5.74) is 8.10. The summed E-state index contributed by atoms with van der Waals surface area (Å²) < 4.78 is 17.8. The Kier molecular flexibility index (Phi) is 4.32. The molecule has 2 rings (SSSR count). The lowest BCUT2D eigenvalue weighted by atomic mass is 10.1. The van der Waals surface area contributed by atoms with Crippen LogP contribution >= 0.6 is 0 Å². The number of esters is 1. The summed E-state index contributed by atoms with van der Waals surface area (Å²) in [6.07, 6.45) is 0. The van der Waals surface area contributed by atoms with Crippen LogP contribution in [0, 0.1) is 5.82 Å². The minimum absolute atomic E-state index is 0.219. The molecule has 0 fully saturated rings. The van der Waals surface area contributed by atoms with Crippen LogP contribution in [0.3, 0.4) is 0 Å². The molecule has 3 N–H and O–H groups in total. The molecule has 0 radical (unpaired) electrons. The summed E-state index contributed by atoms with van der Waals surface area (Å²) in [4.78, 5) is 11.5. The second-order valence-corrected chi connectivity index (χ2v) is 4.20. The van der Waals surface area contributed by atoms with E-state index in [1.165, 1.54) is 19.2 Å². The minimum Gasteiger partial charge on any atom is -0.465 e. The number of rotatable bonds is 4. The van der Waals surface area contributed by atoms with Gasteiger partial charge in [-0.25, -0.2) is 9.18 Å². The van der Waals surface area contributed by atoms with Crippen molar-refractivity contribution in [3.05, 3.63) is 59.4 Å². The molecule has 0 aromatic heterocycles. The van der Waals surface area contributed by atoms with E-state index in [0.717, 1.165) is 0 Å². The van der Waals surface area contributed by atoms with Gasteiger partial charge in [-0.3, -0.25) is 0 Å². The van der Waals surface area contributed by atoms with Crippen molar-refractivity contribution >= 4 is 17.3 Å². The third kappa shape index (κ3) is 3.13. The first-order chi connectivity index (χ1) is 9.63. The lowest BCUT2D eigenvalue weighted by molar-refractivity contribution is 0.0601. The number of halogens is 1. The number of methoxy groups -OCH3 is 1. The summed E-state index contributed by atoms with van der Waals surface area (Å²) >= 11 is 0. The van der Waals surface area contributed by atoms with Crippen molar-refractivity contribution in [1.82, 2.24) is 0 Å². The molecule has 0 saturated carbocycles. The Hall–Kier alpha value is -2.40. The van der Waals surface area contributed by atoms with Gasteiger partial charge in [-0.2, -0.15) is 0 Å². The van der Waals surface area contributed by atoms with Gasteiger partial charge in [0.15, 0.2) is 0 Å². The van der Waals surface area contributed by atoms with Crippen molar-refractivity contribution < 1.29 is 13.9 Å². The van der Waals surface area contributed by atoms with Gasteiger partial charge in [0.05, 0.1) is 12.7 Å². The maximum Gasteiger partial charge on any atom is 0.337 e. The van der Waals surface area contributed by atoms with Gasteiger partial charge in [0.1, 0.15) is 5.82 Å². The molecule has 0 aliphatic carbocycles. The van der Waals surface area contributed by atoms with Gasteiger partial charge in [0, 0.05) is 17.9 Å². The molecule has 0 heterocycles. The second kappa shape index (κ2) is 6.16. The molecule has 104 valence electrons. The van der Waals surface area contributed by atoms with Gasteiger partial charge in [-0.05, 0) is 42.0 Å². The minimum atomic E-state index is -0.410. The predicted octanol–water partition coefficient (Wildman–Crippen LogP) is 2.81. The number of carbonyl (C=O) groups excluding carboxylic acids is 1. The highest BCUT2D eigenvalue weighted by atomic mass is 19.1. The molecule has 4 nitrogen and oxygen atoms in total. The molecule has 0 aliphatic heterocycles. The van der Waals surface area contributed by atoms with Gasteiger partial charge in [0.25, 0.3) is 0 Å². The van der Waals surface area contributed by atoms with Crippen LogP contribution in [0.2, 0.25) is 0 Å². The topological polar surface area (TPSA) is 64.3 Å². The average Bonchev–Trinajstić information content (AvgIpc) is 2.48. The van der Waals surface area contributed by atoms with Crippen molar-refractivity contribution in [2.45, 2.75) is 6.54 Å². The molecule has 0 unspecified atom stereocenters. The number of hydrogen-bond acceptors (Lipinski definition) is 4. The Balaban J connectivity index is 2.28. The standard InChI is InChI=1S/C15H15FN2O2/c1-20-15(19)10-3-2-4-13(8-10)18-14-6-5-12(16)7-11(14)9-17/h2-8,18H,9,17H2,1H3. The molecule has 0 atom stereocenters. The quantitative estimate of drug-likeness (QED) is 0.841. The normalized spacial score (nSPS) is 10.2. The number of nitrogens with one attached hydrogen (secondary N) is 1. The Labute approximate surface area is 116 Å². The lowest BCUT2D eigenvalue weighted by Gasteiger charge is -2.11. The molecule has 0 bridgehead atoms. The van der Waals surface area contributed by atoms with E-state index in [2.05, 4.69) is 10.1 Å². The maximum atomic E-state index is 13.1. The highest BCUT2D eigenvalue weighted by molar-refractivity contribution is 5.90. The summed E-state index contributed by atoms with van der Waals surface area (Å²) in [7, 11) is 1.33. The first-order valence-electron chi connectivity index (χ1n) is 6.08. The zero-order valence-corrected chi connectivity index (χ0v) is 11.0. The van der Waals surface area contributed by atoms with E-state index in [-0.39, 0.29) is 12.4 Å². The Morgan fingerprint density at radius 3 is 2.80 bits per heavy atom. The SMILES string of the molecule is COC(=O)c1cccc(Nc2ccc(F)cc2CN)c1. The van der Waals surface area contributed by atoms with Crippen LogP contribution in [-0.4, -0.2) is 13.1 Å². The van der Waals surface area contributed by atoms with Gasteiger partial charge in [-0.15, -0.1) is 0 Å². The van der Waals surface area contributed by atoms with Crippen molar-refractivity contribution in [3.63, 3.8) is 0 Å². The second-order valence-electron chi connectivity index (χ2n) is 4.20. The van der Waals surface area contributed by atoms with E-state index in [4.69, 9.17) is 5.73 Å². The molecular formula is C15H15FN2O2. The van der Waals surface area contributed by atoms with E-state index in [1.807, 2.05) is 0 Å². The first-order valence-corrected chi connectivity index (χ1v) is 6.08. The van der Waals surface area contributed by atoms with E-state index < -0.39 is 5.97 Å². The lowest BCUT2D eigenvalue weighted by Crippen LogP contribution is -2.04. The van der Waals surface area contributed by atoms with Crippen molar-refractivity contribution in [1.29, 1.82) is 0 Å². The number of carbonyl (C=O) groups is 1. The third-order valence-corrected chi connectivity index (χ3v) is 2.85. The number of nitrogens with two attached hydrogens (primary N) is 1. The molecule has 2 aromatic rings. The monoisotopic (exact) mass is 274 g/mol. The maximum absolute atomic E-state index is 13.1. The van der Waals surface area contributed by atoms with E-state index in [0.29, 0.717) is 22.5 Å². The zero-order chi connectivity index (χ0) is 14.5. The first kappa shape index (κ1) is 14.0. The molecule has 20 heavy (non-hydrogen) atoms. The fourth-order valence-corrected chi connectivity index (χ4v) is 1.85. The van der Waals surface area contributed by atoms with Crippen LogP contribution in [0.4, 0.5) is 15.8 Å². The van der Waals surface area contributed by atoms with Gasteiger partial charge >= 0.3 is 5.97 Å². The summed E-state index contributed by atoms with van der Waals surface area (Å²) in [5.74, 6) is -0.744. The van der Waals surface area contributed by atoms with Crippen LogP contribution in [0.1, 0.15) is 15.9 Å². The van der Waals surface area contributed by atoms with E-state index in [9.17, 15) is 9.18 Å². The smallest absolute Gasteiger partial charge is 0.337 e. The summed E-state index contributed by atoms with van der Waals surface area (Å²) in [6.45, 7) is 0.219. The molecule has 0 amide bonds. The average molecular weight is 274 g/mol. The highest BCUT2D eigenvalue weighted by Crippen LogP contribution is 2.22. The largest absolute Gasteiger partial charge is 0.465 e. The van der Waals surface area contributed by atoms with Crippen LogP contribution in [0.5, 0.6) is 0 Å². The fourth-order valence-electron chi connectivity index (χ4n) is 1.85. The van der Waals surface area contributed by atoms with Gasteiger partial charge in [0.2, 0.25) is 0 Å². The predicted molar refractivity (Wildman–Crippen MR) is 75.4 cm³/mol. The fraction of sp³-hybridized carbons (Fsp3) is 0.133. The van der Waals surface area contributed by atoms with Crippen LogP contribution in [-0.2, 0) is 11.3 Å².